The van der Waals surface area contributed by atoms with Gasteiger partial charge in [0.1, 0.15) is 0 Å². The van der Waals surface area contributed by atoms with Crippen molar-refractivity contribution in [1.82, 2.24) is 14.7 Å². The summed E-state index contributed by atoms with van der Waals surface area (Å²) in [6.07, 6.45) is 0.365. The summed E-state index contributed by atoms with van der Waals surface area (Å²) in [5.74, 6) is -0.117. The highest BCUT2D eigenvalue weighted by atomic mass is 16.5. The average molecular weight is 210 g/mol. The molecule has 7 heteroatoms. The van der Waals surface area contributed by atoms with Crippen LogP contribution in [0.3, 0.4) is 0 Å². The second kappa shape index (κ2) is 3.26. The van der Waals surface area contributed by atoms with Crippen molar-refractivity contribution in [2.75, 3.05) is 13.6 Å². The van der Waals surface area contributed by atoms with E-state index >= 15 is 0 Å². The van der Waals surface area contributed by atoms with Crippen molar-refractivity contribution in [3.63, 3.8) is 0 Å². The molecule has 0 aliphatic carbocycles. The van der Waals surface area contributed by atoms with Crippen molar-refractivity contribution in [3.05, 3.63) is 11.9 Å². The first kappa shape index (κ1) is 9.50. The number of carbonyl (C=O) groups excluding carboxylic acids is 2. The molecule has 0 bridgehead atoms. The maximum atomic E-state index is 11.7. The summed E-state index contributed by atoms with van der Waals surface area (Å²) in [5.41, 5.74) is 5.14. The molecule has 0 fully saturated rings. The van der Waals surface area contributed by atoms with E-state index < -0.39 is 6.09 Å². The van der Waals surface area contributed by atoms with E-state index in [1.807, 2.05) is 0 Å². The summed E-state index contributed by atoms with van der Waals surface area (Å²) in [6, 6.07) is 0. The molecular weight excluding hydrogens is 200 g/mol. The summed E-state index contributed by atoms with van der Waals surface area (Å²) in [4.78, 5) is 23.8. The molecule has 7 nitrogen and oxygen atoms in total. The number of ether oxygens (including phenoxy) is 1. The van der Waals surface area contributed by atoms with Crippen LogP contribution in [0.25, 0.3) is 0 Å². The van der Waals surface area contributed by atoms with Crippen LogP contribution in [0.1, 0.15) is 10.5 Å². The predicted octanol–water partition coefficient (Wildman–Crippen LogP) is -0.574. The minimum Gasteiger partial charge on any atom is -0.406 e. The van der Waals surface area contributed by atoms with Gasteiger partial charge in [0.2, 0.25) is 0 Å². The van der Waals surface area contributed by atoms with Gasteiger partial charge >= 0.3 is 6.09 Å². The van der Waals surface area contributed by atoms with Gasteiger partial charge in [0.05, 0.1) is 12.7 Å². The van der Waals surface area contributed by atoms with Gasteiger partial charge in [0, 0.05) is 13.6 Å². The Balaban J connectivity index is 2.40. The van der Waals surface area contributed by atoms with Crippen LogP contribution < -0.4 is 10.5 Å². The molecule has 2 heterocycles. The third kappa shape index (κ3) is 1.51. The molecule has 2 rings (SSSR count). The minimum atomic E-state index is -0.952. The molecule has 1 aromatic rings. The third-order valence-corrected chi connectivity index (χ3v) is 2.21. The van der Waals surface area contributed by atoms with Crippen molar-refractivity contribution >= 4 is 12.0 Å². The topological polar surface area (TPSA) is 90.4 Å². The lowest BCUT2D eigenvalue weighted by atomic mass is 10.3. The third-order valence-electron chi connectivity index (χ3n) is 2.21. The van der Waals surface area contributed by atoms with E-state index in [-0.39, 0.29) is 17.4 Å². The van der Waals surface area contributed by atoms with E-state index in [4.69, 9.17) is 5.73 Å². The van der Waals surface area contributed by atoms with Crippen molar-refractivity contribution in [2.24, 2.45) is 5.73 Å². The van der Waals surface area contributed by atoms with Gasteiger partial charge in [-0.3, -0.25) is 9.48 Å². The number of nitrogens with two attached hydrogens (primary N) is 1. The monoisotopic (exact) mass is 210 g/mol. The molecule has 2 N–H and O–H groups in total. The van der Waals surface area contributed by atoms with E-state index in [9.17, 15) is 9.59 Å². The minimum absolute atomic E-state index is 0.110. The van der Waals surface area contributed by atoms with Gasteiger partial charge in [-0.05, 0) is 0 Å². The molecule has 1 aromatic heterocycles. The number of fused-ring (bicyclic) bond motifs is 1. The Kier molecular flexibility index (Phi) is 2.07. The number of hydrogen-bond donors (Lipinski definition) is 1. The zero-order valence-electron chi connectivity index (χ0n) is 8.14. The van der Waals surface area contributed by atoms with Crippen LogP contribution in [0.2, 0.25) is 0 Å². The van der Waals surface area contributed by atoms with Gasteiger partial charge in [-0.2, -0.15) is 5.10 Å². The predicted molar refractivity (Wildman–Crippen MR) is 49.4 cm³/mol. The van der Waals surface area contributed by atoms with Gasteiger partial charge in [-0.25, -0.2) is 4.79 Å². The molecule has 1 aliphatic heterocycles. The van der Waals surface area contributed by atoms with Crippen LogP contribution >= 0.6 is 0 Å². The number of amides is 2. The molecule has 15 heavy (non-hydrogen) atoms. The Hall–Kier alpha value is -2.05. The number of hydrogen-bond acceptors (Lipinski definition) is 4. The molecule has 0 spiro atoms. The van der Waals surface area contributed by atoms with Gasteiger partial charge in [-0.15, -0.1) is 0 Å². The zero-order valence-corrected chi connectivity index (χ0v) is 8.14. The summed E-state index contributed by atoms with van der Waals surface area (Å²) < 4.78 is 6.18. The number of primary amides is 1. The standard InChI is InChI=1S/C8H10N4O3/c1-11-2-3-12-6(7(11)13)5(4-10-12)15-8(9)14/h4H,2-3H2,1H3,(H2,9,14). The molecular formula is C8H10N4O3. The largest absolute Gasteiger partial charge is 0.410 e. The average Bonchev–Trinajstić information content (AvgIpc) is 2.55. The van der Waals surface area contributed by atoms with E-state index in [0.717, 1.165) is 0 Å². The Labute approximate surface area is 85.4 Å². The first-order valence-electron chi connectivity index (χ1n) is 4.38. The van der Waals surface area contributed by atoms with E-state index in [2.05, 4.69) is 9.84 Å². The lowest BCUT2D eigenvalue weighted by Crippen LogP contribution is -2.37. The molecule has 0 saturated carbocycles. The molecule has 80 valence electrons. The first-order chi connectivity index (χ1) is 7.09. The normalized spacial score (nSPS) is 15.0. The first-order valence-corrected chi connectivity index (χ1v) is 4.38. The Bertz CT molecular complexity index is 426. The lowest BCUT2D eigenvalue weighted by Gasteiger charge is -2.23. The Morgan fingerprint density at radius 1 is 1.60 bits per heavy atom. The quantitative estimate of drug-likeness (QED) is 0.671. The SMILES string of the molecule is CN1CCn2ncc(OC(N)=O)c2C1=O. The van der Waals surface area contributed by atoms with E-state index in [1.165, 1.54) is 15.8 Å². The maximum absolute atomic E-state index is 11.7. The van der Waals surface area contributed by atoms with Crippen LogP contribution in [-0.2, 0) is 6.54 Å². The van der Waals surface area contributed by atoms with Crippen LogP contribution in [0, 0.1) is 0 Å². The molecule has 0 atom stereocenters. The van der Waals surface area contributed by atoms with Gasteiger partial charge in [0.25, 0.3) is 5.91 Å². The molecule has 0 unspecified atom stereocenters. The fourth-order valence-electron chi connectivity index (χ4n) is 1.46. The zero-order chi connectivity index (χ0) is 11.0. The van der Waals surface area contributed by atoms with Gasteiger partial charge in [-0.1, -0.05) is 0 Å². The number of nitrogens with zero attached hydrogens (tertiary/aromatic N) is 3. The van der Waals surface area contributed by atoms with Gasteiger partial charge < -0.3 is 15.4 Å². The fraction of sp³-hybridized carbons (Fsp3) is 0.375. The second-order valence-corrected chi connectivity index (χ2v) is 3.23. The summed E-state index contributed by atoms with van der Waals surface area (Å²) in [6.45, 7) is 1.17. The van der Waals surface area contributed by atoms with Crippen molar-refractivity contribution in [3.8, 4) is 5.75 Å². The van der Waals surface area contributed by atoms with Crippen LogP contribution in [-0.4, -0.2) is 40.3 Å². The summed E-state index contributed by atoms with van der Waals surface area (Å²) >= 11 is 0. The number of likely N-dealkylation sites (N-methyl/N-ethyl adjacent to an activating group) is 1. The van der Waals surface area contributed by atoms with E-state index in [1.54, 1.807) is 7.05 Å². The number of carbonyl (C=O) groups is 2. The van der Waals surface area contributed by atoms with Crippen LogP contribution in [0.5, 0.6) is 5.75 Å². The molecule has 0 aromatic carbocycles. The molecule has 1 aliphatic rings. The summed E-state index contributed by atoms with van der Waals surface area (Å²) in [7, 11) is 1.67. The number of aromatic nitrogens is 2. The highest BCUT2D eigenvalue weighted by Gasteiger charge is 2.27. The lowest BCUT2D eigenvalue weighted by molar-refractivity contribution is 0.0739. The Morgan fingerprint density at radius 3 is 3.00 bits per heavy atom. The van der Waals surface area contributed by atoms with Crippen molar-refractivity contribution in [2.45, 2.75) is 6.54 Å². The Morgan fingerprint density at radius 2 is 2.33 bits per heavy atom. The van der Waals surface area contributed by atoms with Crippen molar-refractivity contribution < 1.29 is 14.3 Å². The summed E-state index contributed by atoms with van der Waals surface area (Å²) in [5, 5.41) is 3.93. The van der Waals surface area contributed by atoms with Crippen molar-refractivity contribution in [1.29, 1.82) is 0 Å². The number of rotatable bonds is 1. The maximum Gasteiger partial charge on any atom is 0.410 e. The molecule has 0 radical (unpaired) electrons. The van der Waals surface area contributed by atoms with E-state index in [0.29, 0.717) is 13.1 Å². The fourth-order valence-corrected chi connectivity index (χ4v) is 1.46. The second-order valence-electron chi connectivity index (χ2n) is 3.23. The van der Waals surface area contributed by atoms with Crippen LogP contribution in [0.4, 0.5) is 4.79 Å². The van der Waals surface area contributed by atoms with Gasteiger partial charge in [0.15, 0.2) is 11.4 Å². The van der Waals surface area contributed by atoms with Crippen LogP contribution in [0.15, 0.2) is 6.20 Å². The highest BCUT2D eigenvalue weighted by Crippen LogP contribution is 2.22. The molecule has 2 amide bonds. The smallest absolute Gasteiger partial charge is 0.406 e. The highest BCUT2D eigenvalue weighted by molar-refractivity contribution is 5.96. The molecule has 0 saturated heterocycles.